The van der Waals surface area contributed by atoms with Gasteiger partial charge in [0.15, 0.2) is 0 Å². The standard InChI is InChI=1S/C9H19N3O4S/c1-2-16-9(13)12-17(14,15)11-7-3-6-10-8-4-5-8/h8,10-11H,2-7H2,1H3,(H,12,13). The summed E-state index contributed by atoms with van der Waals surface area (Å²) < 4.78 is 31.0. The van der Waals surface area contributed by atoms with E-state index in [0.29, 0.717) is 12.5 Å². The van der Waals surface area contributed by atoms with Crippen LogP contribution >= 0.6 is 0 Å². The van der Waals surface area contributed by atoms with Gasteiger partial charge in [-0.25, -0.2) is 9.52 Å². The van der Waals surface area contributed by atoms with Gasteiger partial charge in [-0.05, 0) is 32.7 Å². The summed E-state index contributed by atoms with van der Waals surface area (Å²) in [7, 11) is -3.79. The molecule has 1 fully saturated rings. The average Bonchev–Trinajstić information content (AvgIpc) is 3.00. The Labute approximate surface area is 101 Å². The third kappa shape index (κ3) is 7.14. The van der Waals surface area contributed by atoms with Crippen LogP contribution in [0.2, 0.25) is 0 Å². The first kappa shape index (κ1) is 14.2. The molecule has 0 aromatic heterocycles. The summed E-state index contributed by atoms with van der Waals surface area (Å²) in [6, 6.07) is 0.615. The van der Waals surface area contributed by atoms with Gasteiger partial charge in [-0.2, -0.15) is 13.1 Å². The molecular formula is C9H19N3O4S. The second-order valence-electron chi connectivity index (χ2n) is 3.80. The minimum Gasteiger partial charge on any atom is -0.449 e. The SMILES string of the molecule is CCOC(=O)NS(=O)(=O)NCCCNC1CC1. The van der Waals surface area contributed by atoms with Gasteiger partial charge in [0.25, 0.3) is 0 Å². The van der Waals surface area contributed by atoms with Crippen molar-refractivity contribution in [3.63, 3.8) is 0 Å². The van der Waals surface area contributed by atoms with Crippen molar-refractivity contribution in [3.8, 4) is 0 Å². The number of amides is 1. The highest BCUT2D eigenvalue weighted by Crippen LogP contribution is 2.18. The molecule has 1 aliphatic rings. The third-order valence-corrected chi connectivity index (χ3v) is 3.17. The highest BCUT2D eigenvalue weighted by molar-refractivity contribution is 7.88. The summed E-state index contributed by atoms with van der Waals surface area (Å²) in [5, 5.41) is 3.26. The van der Waals surface area contributed by atoms with Crippen LogP contribution in [-0.2, 0) is 14.9 Å². The molecule has 7 nitrogen and oxygen atoms in total. The van der Waals surface area contributed by atoms with E-state index in [-0.39, 0.29) is 13.2 Å². The predicted molar refractivity (Wildman–Crippen MR) is 62.7 cm³/mol. The van der Waals surface area contributed by atoms with Crippen molar-refractivity contribution in [1.29, 1.82) is 0 Å². The number of hydrogen-bond acceptors (Lipinski definition) is 5. The van der Waals surface area contributed by atoms with Gasteiger partial charge in [-0.3, -0.25) is 0 Å². The highest BCUT2D eigenvalue weighted by atomic mass is 32.2. The van der Waals surface area contributed by atoms with E-state index in [4.69, 9.17) is 0 Å². The van der Waals surface area contributed by atoms with Crippen LogP contribution in [-0.4, -0.2) is 40.2 Å². The van der Waals surface area contributed by atoms with Crippen molar-refractivity contribution in [1.82, 2.24) is 14.8 Å². The summed E-state index contributed by atoms with van der Waals surface area (Å²) in [5.41, 5.74) is 0. The molecule has 1 saturated carbocycles. The fourth-order valence-corrected chi connectivity index (χ4v) is 1.96. The van der Waals surface area contributed by atoms with Gasteiger partial charge in [0, 0.05) is 12.6 Å². The highest BCUT2D eigenvalue weighted by Gasteiger charge is 2.19. The van der Waals surface area contributed by atoms with Crippen molar-refractivity contribution in [2.75, 3.05) is 19.7 Å². The van der Waals surface area contributed by atoms with Gasteiger partial charge in [0.05, 0.1) is 6.61 Å². The summed E-state index contributed by atoms with van der Waals surface area (Å²) in [4.78, 5) is 10.9. The second-order valence-corrected chi connectivity index (χ2v) is 5.30. The Kier molecular flexibility index (Phi) is 5.66. The monoisotopic (exact) mass is 265 g/mol. The number of rotatable bonds is 8. The largest absolute Gasteiger partial charge is 0.449 e. The Morgan fingerprint density at radius 1 is 1.35 bits per heavy atom. The predicted octanol–water partition coefficient (Wildman–Crippen LogP) is -0.291. The summed E-state index contributed by atoms with van der Waals surface area (Å²) in [6.07, 6.45) is 2.13. The molecule has 0 aliphatic heterocycles. The Bertz CT molecular complexity index is 340. The van der Waals surface area contributed by atoms with E-state index >= 15 is 0 Å². The van der Waals surface area contributed by atoms with E-state index in [9.17, 15) is 13.2 Å². The maximum atomic E-state index is 11.3. The van der Waals surface area contributed by atoms with E-state index in [1.165, 1.54) is 12.8 Å². The molecule has 1 aliphatic carbocycles. The normalized spacial score (nSPS) is 15.6. The molecule has 3 N–H and O–H groups in total. The Morgan fingerprint density at radius 3 is 2.65 bits per heavy atom. The molecule has 0 aromatic carbocycles. The van der Waals surface area contributed by atoms with Crippen LogP contribution in [0, 0.1) is 0 Å². The molecule has 1 rings (SSSR count). The molecule has 100 valence electrons. The molecule has 1 amide bonds. The van der Waals surface area contributed by atoms with Crippen LogP contribution in [0.1, 0.15) is 26.2 Å². The molecule has 0 spiro atoms. The van der Waals surface area contributed by atoms with Crippen LogP contribution in [0.25, 0.3) is 0 Å². The molecular weight excluding hydrogens is 246 g/mol. The van der Waals surface area contributed by atoms with Crippen molar-refractivity contribution < 1.29 is 17.9 Å². The molecule has 0 aromatic rings. The lowest BCUT2D eigenvalue weighted by molar-refractivity contribution is 0.158. The van der Waals surface area contributed by atoms with Crippen LogP contribution in [0.3, 0.4) is 0 Å². The van der Waals surface area contributed by atoms with Crippen LogP contribution in [0.4, 0.5) is 4.79 Å². The van der Waals surface area contributed by atoms with E-state index in [1.807, 2.05) is 0 Å². The number of carbonyl (C=O) groups is 1. The lowest BCUT2D eigenvalue weighted by Crippen LogP contribution is -2.41. The molecule has 0 unspecified atom stereocenters. The first-order valence-electron chi connectivity index (χ1n) is 5.71. The zero-order valence-electron chi connectivity index (χ0n) is 9.86. The lowest BCUT2D eigenvalue weighted by atomic mass is 10.4. The quantitative estimate of drug-likeness (QED) is 0.524. The molecule has 0 saturated heterocycles. The van der Waals surface area contributed by atoms with Gasteiger partial charge in [-0.1, -0.05) is 0 Å². The number of nitrogens with one attached hydrogen (secondary N) is 3. The van der Waals surface area contributed by atoms with E-state index in [2.05, 4.69) is 14.8 Å². The van der Waals surface area contributed by atoms with Crippen molar-refractivity contribution >= 4 is 16.3 Å². The average molecular weight is 265 g/mol. The Morgan fingerprint density at radius 2 is 2.06 bits per heavy atom. The molecule has 17 heavy (non-hydrogen) atoms. The summed E-state index contributed by atoms with van der Waals surface area (Å²) in [5.74, 6) is 0. The number of ether oxygens (including phenoxy) is 1. The van der Waals surface area contributed by atoms with E-state index < -0.39 is 16.3 Å². The minimum atomic E-state index is -3.79. The van der Waals surface area contributed by atoms with Crippen LogP contribution in [0.15, 0.2) is 0 Å². The Hall–Kier alpha value is -0.860. The third-order valence-electron chi connectivity index (χ3n) is 2.15. The molecule has 8 heteroatoms. The summed E-state index contributed by atoms with van der Waals surface area (Å²) in [6.45, 7) is 2.79. The molecule has 0 radical (unpaired) electrons. The molecule has 0 atom stereocenters. The first-order chi connectivity index (χ1) is 8.03. The van der Waals surface area contributed by atoms with Crippen molar-refractivity contribution in [2.24, 2.45) is 0 Å². The van der Waals surface area contributed by atoms with Crippen LogP contribution in [0.5, 0.6) is 0 Å². The van der Waals surface area contributed by atoms with Crippen molar-refractivity contribution in [2.45, 2.75) is 32.2 Å². The zero-order chi connectivity index (χ0) is 12.7. The first-order valence-corrected chi connectivity index (χ1v) is 7.19. The second kappa shape index (κ2) is 6.77. The lowest BCUT2D eigenvalue weighted by Gasteiger charge is -2.08. The van der Waals surface area contributed by atoms with Crippen LogP contribution < -0.4 is 14.8 Å². The number of carbonyl (C=O) groups excluding carboxylic acids is 1. The smallest absolute Gasteiger partial charge is 0.421 e. The van der Waals surface area contributed by atoms with Crippen molar-refractivity contribution in [3.05, 3.63) is 0 Å². The molecule has 0 bridgehead atoms. The molecule has 0 heterocycles. The topological polar surface area (TPSA) is 96.5 Å². The minimum absolute atomic E-state index is 0.132. The van der Waals surface area contributed by atoms with Gasteiger partial charge >= 0.3 is 16.3 Å². The van der Waals surface area contributed by atoms with Gasteiger partial charge in [-0.15, -0.1) is 0 Å². The van der Waals surface area contributed by atoms with Gasteiger partial charge in [0.2, 0.25) is 0 Å². The van der Waals surface area contributed by atoms with Gasteiger partial charge in [0.1, 0.15) is 0 Å². The Balaban J connectivity index is 2.08. The fourth-order valence-electron chi connectivity index (χ4n) is 1.19. The zero-order valence-corrected chi connectivity index (χ0v) is 10.7. The van der Waals surface area contributed by atoms with Gasteiger partial charge < -0.3 is 10.1 Å². The number of hydrogen-bond donors (Lipinski definition) is 3. The fraction of sp³-hybridized carbons (Fsp3) is 0.889. The maximum absolute atomic E-state index is 11.3. The van der Waals surface area contributed by atoms with E-state index in [1.54, 1.807) is 11.6 Å². The summed E-state index contributed by atoms with van der Waals surface area (Å²) >= 11 is 0. The maximum Gasteiger partial charge on any atom is 0.421 e. The van der Waals surface area contributed by atoms with E-state index in [0.717, 1.165) is 6.54 Å².